The van der Waals surface area contributed by atoms with E-state index < -0.39 is 0 Å². The molecule has 3 aromatic heterocycles. The van der Waals surface area contributed by atoms with Crippen molar-refractivity contribution < 1.29 is 4.79 Å². The van der Waals surface area contributed by atoms with Gasteiger partial charge in [0, 0.05) is 29.0 Å². The smallest absolute Gasteiger partial charge is 0.254 e. The highest BCUT2D eigenvalue weighted by Crippen LogP contribution is 2.30. The lowest BCUT2D eigenvalue weighted by Gasteiger charge is -2.07. The molecule has 0 fully saturated rings. The van der Waals surface area contributed by atoms with Crippen molar-refractivity contribution in [3.8, 4) is 11.4 Å². The maximum absolute atomic E-state index is 12.4. The van der Waals surface area contributed by atoms with E-state index in [0.717, 1.165) is 38.4 Å². The van der Waals surface area contributed by atoms with Gasteiger partial charge in [-0.25, -0.2) is 15.0 Å². The molecule has 0 aliphatic carbocycles. The van der Waals surface area contributed by atoms with Gasteiger partial charge in [-0.2, -0.15) is 0 Å². The predicted molar refractivity (Wildman–Crippen MR) is 107 cm³/mol. The highest BCUT2D eigenvalue weighted by atomic mass is 32.1. The third kappa shape index (κ3) is 3.33. The Morgan fingerprint density at radius 1 is 1.26 bits per heavy atom. The first kappa shape index (κ1) is 17.4. The molecule has 4 aromatic rings. The quantitative estimate of drug-likeness (QED) is 0.564. The highest BCUT2D eigenvalue weighted by molar-refractivity contribution is 7.09. The first-order chi connectivity index (χ1) is 13.0. The van der Waals surface area contributed by atoms with Crippen LogP contribution in [-0.4, -0.2) is 25.8 Å². The number of benzene rings is 1. The first-order valence-electron chi connectivity index (χ1n) is 8.61. The van der Waals surface area contributed by atoms with Gasteiger partial charge in [0.1, 0.15) is 6.33 Å². The van der Waals surface area contributed by atoms with E-state index in [2.05, 4.69) is 43.6 Å². The van der Waals surface area contributed by atoms with Gasteiger partial charge in [-0.1, -0.05) is 6.07 Å². The van der Waals surface area contributed by atoms with Crippen LogP contribution in [0.2, 0.25) is 0 Å². The summed E-state index contributed by atoms with van der Waals surface area (Å²) in [7, 11) is 0. The molecule has 0 atom stereocenters. The van der Waals surface area contributed by atoms with Crippen LogP contribution >= 0.6 is 11.3 Å². The number of H-pyrrole nitrogens is 1. The number of hydrogen-bond donors (Lipinski definition) is 2. The fourth-order valence-corrected chi connectivity index (χ4v) is 3.71. The molecule has 0 aliphatic rings. The van der Waals surface area contributed by atoms with Gasteiger partial charge in [0.2, 0.25) is 0 Å². The number of hydrogen-bond acceptors (Lipinski definition) is 5. The summed E-state index contributed by atoms with van der Waals surface area (Å²) in [5.41, 5.74) is 6.45. The number of nitrogens with zero attached hydrogens (tertiary/aromatic N) is 3. The number of carbonyl (C=O) groups excluding carboxylic acids is 1. The van der Waals surface area contributed by atoms with Crippen LogP contribution in [0.25, 0.3) is 22.3 Å². The largest absolute Gasteiger partial charge is 0.353 e. The van der Waals surface area contributed by atoms with E-state index in [-0.39, 0.29) is 5.91 Å². The normalized spacial score (nSPS) is 11.1. The van der Waals surface area contributed by atoms with Crippen molar-refractivity contribution in [2.24, 2.45) is 0 Å². The maximum Gasteiger partial charge on any atom is 0.254 e. The summed E-state index contributed by atoms with van der Waals surface area (Å²) in [4.78, 5) is 28.4. The van der Waals surface area contributed by atoms with Crippen LogP contribution in [0.1, 0.15) is 32.2 Å². The second-order valence-electron chi connectivity index (χ2n) is 6.46. The Morgan fingerprint density at radius 3 is 2.85 bits per heavy atom. The predicted octanol–water partition coefficient (Wildman–Crippen LogP) is 3.94. The monoisotopic (exact) mass is 377 g/mol. The number of thiazole rings is 1. The fraction of sp³-hybridized carbons (Fsp3) is 0.200. The third-order valence-electron chi connectivity index (χ3n) is 4.61. The number of rotatable bonds is 4. The van der Waals surface area contributed by atoms with Gasteiger partial charge < -0.3 is 10.3 Å². The van der Waals surface area contributed by atoms with Crippen molar-refractivity contribution in [3.63, 3.8) is 0 Å². The number of aromatic amines is 1. The SMILES string of the molecule is Cc1nc(-c2[nH]c3ccc(CNC(=O)c4cncnc4C)cc3c2C)cs1. The maximum atomic E-state index is 12.4. The molecule has 0 saturated carbocycles. The van der Waals surface area contributed by atoms with Gasteiger partial charge in [0.25, 0.3) is 5.91 Å². The van der Waals surface area contributed by atoms with E-state index in [0.29, 0.717) is 17.8 Å². The fourth-order valence-electron chi connectivity index (χ4n) is 3.11. The summed E-state index contributed by atoms with van der Waals surface area (Å²) in [6.45, 7) is 6.34. The number of carbonyl (C=O) groups is 1. The van der Waals surface area contributed by atoms with E-state index in [4.69, 9.17) is 0 Å². The van der Waals surface area contributed by atoms with Crippen molar-refractivity contribution >= 4 is 28.1 Å². The van der Waals surface area contributed by atoms with Gasteiger partial charge in [0.15, 0.2) is 0 Å². The zero-order valence-corrected chi connectivity index (χ0v) is 16.1. The Balaban J connectivity index is 1.58. The summed E-state index contributed by atoms with van der Waals surface area (Å²) < 4.78 is 0. The number of amides is 1. The van der Waals surface area contributed by atoms with Crippen molar-refractivity contribution in [3.05, 3.63) is 63.5 Å². The molecule has 1 amide bonds. The molecule has 7 heteroatoms. The zero-order valence-electron chi connectivity index (χ0n) is 15.3. The van der Waals surface area contributed by atoms with Crippen LogP contribution in [0.3, 0.4) is 0 Å². The molecule has 27 heavy (non-hydrogen) atoms. The van der Waals surface area contributed by atoms with Gasteiger partial charge in [-0.3, -0.25) is 4.79 Å². The van der Waals surface area contributed by atoms with Gasteiger partial charge in [-0.15, -0.1) is 11.3 Å². The molecule has 0 aliphatic heterocycles. The minimum Gasteiger partial charge on any atom is -0.353 e. The molecule has 6 nitrogen and oxygen atoms in total. The number of nitrogens with one attached hydrogen (secondary N) is 2. The number of aromatic nitrogens is 4. The van der Waals surface area contributed by atoms with Crippen LogP contribution in [0.5, 0.6) is 0 Å². The molecular weight excluding hydrogens is 358 g/mol. The summed E-state index contributed by atoms with van der Waals surface area (Å²) in [5.74, 6) is -0.169. The lowest BCUT2D eigenvalue weighted by molar-refractivity contribution is 0.0949. The van der Waals surface area contributed by atoms with Crippen molar-refractivity contribution in [1.82, 2.24) is 25.3 Å². The van der Waals surface area contributed by atoms with E-state index in [1.807, 2.05) is 19.1 Å². The van der Waals surface area contributed by atoms with E-state index in [9.17, 15) is 4.79 Å². The van der Waals surface area contributed by atoms with E-state index in [1.54, 1.807) is 24.5 Å². The molecule has 0 spiro atoms. The molecule has 2 N–H and O–H groups in total. The van der Waals surface area contributed by atoms with Crippen molar-refractivity contribution in [1.29, 1.82) is 0 Å². The molecular formula is C20H19N5OS. The molecule has 0 radical (unpaired) electrons. The highest BCUT2D eigenvalue weighted by Gasteiger charge is 2.13. The summed E-state index contributed by atoms with van der Waals surface area (Å²) in [6.07, 6.45) is 2.98. The molecule has 0 bridgehead atoms. The van der Waals surface area contributed by atoms with Crippen molar-refractivity contribution in [2.45, 2.75) is 27.3 Å². The minimum atomic E-state index is -0.169. The Morgan fingerprint density at radius 2 is 2.11 bits per heavy atom. The Hall–Kier alpha value is -3.06. The van der Waals surface area contributed by atoms with Crippen molar-refractivity contribution in [2.75, 3.05) is 0 Å². The third-order valence-corrected chi connectivity index (χ3v) is 5.38. The molecule has 1 aromatic carbocycles. The van der Waals surface area contributed by atoms with Crippen LogP contribution < -0.4 is 5.32 Å². The Labute approximate surface area is 160 Å². The topological polar surface area (TPSA) is 83.6 Å². The number of fused-ring (bicyclic) bond motifs is 1. The van der Waals surface area contributed by atoms with E-state index >= 15 is 0 Å². The van der Waals surface area contributed by atoms with Crippen LogP contribution in [0.15, 0.2) is 36.1 Å². The lowest BCUT2D eigenvalue weighted by atomic mass is 10.1. The summed E-state index contributed by atoms with van der Waals surface area (Å²) >= 11 is 1.64. The number of aryl methyl sites for hydroxylation is 3. The standard InChI is InChI=1S/C20H19N5OS/c1-11-15-6-14(7-22-20(26)16-8-21-10-23-12(16)2)4-5-17(15)25-19(11)18-9-27-13(3)24-18/h4-6,8-10,25H,7H2,1-3H3,(H,22,26). The van der Waals surface area contributed by atoms with Gasteiger partial charge >= 0.3 is 0 Å². The molecule has 136 valence electrons. The average Bonchev–Trinajstić information content (AvgIpc) is 3.23. The van der Waals surface area contributed by atoms with E-state index in [1.165, 1.54) is 6.33 Å². The summed E-state index contributed by atoms with van der Waals surface area (Å²) in [6, 6.07) is 6.17. The molecule has 0 unspecified atom stereocenters. The van der Waals surface area contributed by atoms with Crippen LogP contribution in [0, 0.1) is 20.8 Å². The van der Waals surface area contributed by atoms with Gasteiger partial charge in [-0.05, 0) is 44.0 Å². The second kappa shape index (κ2) is 6.92. The Bertz CT molecular complexity index is 1140. The molecule has 4 rings (SSSR count). The molecule has 3 heterocycles. The van der Waals surface area contributed by atoms with Crippen LogP contribution in [-0.2, 0) is 6.54 Å². The first-order valence-corrected chi connectivity index (χ1v) is 9.49. The Kier molecular flexibility index (Phi) is 4.45. The average molecular weight is 377 g/mol. The minimum absolute atomic E-state index is 0.169. The molecule has 0 saturated heterocycles. The van der Waals surface area contributed by atoms with Gasteiger partial charge in [0.05, 0.1) is 27.7 Å². The zero-order chi connectivity index (χ0) is 19.0. The second-order valence-corrected chi connectivity index (χ2v) is 7.52. The lowest BCUT2D eigenvalue weighted by Crippen LogP contribution is -2.24. The van der Waals surface area contributed by atoms with Crippen LogP contribution in [0.4, 0.5) is 0 Å². The summed E-state index contributed by atoms with van der Waals surface area (Å²) in [5, 5.41) is 7.20.